The quantitative estimate of drug-likeness (QED) is 0.679. The predicted molar refractivity (Wildman–Crippen MR) is 112 cm³/mol. The van der Waals surface area contributed by atoms with E-state index in [9.17, 15) is 0 Å². The molecule has 0 aliphatic carbocycles. The number of hydrogen-bond donors (Lipinski definition) is 0. The summed E-state index contributed by atoms with van der Waals surface area (Å²) in [6.45, 7) is 3.84. The van der Waals surface area contributed by atoms with Crippen molar-refractivity contribution < 1.29 is 9.47 Å². The second kappa shape index (κ2) is 7.67. The summed E-state index contributed by atoms with van der Waals surface area (Å²) >= 11 is 0. The molecule has 0 bridgehead atoms. The molecule has 1 fully saturated rings. The van der Waals surface area contributed by atoms with E-state index in [1.807, 2.05) is 30.5 Å². The molecule has 3 aromatic rings. The number of nitrogens with zero attached hydrogens (tertiary/aromatic N) is 5. The molecule has 0 unspecified atom stereocenters. The highest BCUT2D eigenvalue weighted by molar-refractivity contribution is 5.77. The molecule has 2 aromatic heterocycles. The van der Waals surface area contributed by atoms with Crippen LogP contribution < -0.4 is 14.5 Å². The summed E-state index contributed by atoms with van der Waals surface area (Å²) in [5, 5.41) is 0. The summed E-state index contributed by atoms with van der Waals surface area (Å²) in [6.07, 6.45) is 4.57. The van der Waals surface area contributed by atoms with Crippen LogP contribution in [0.2, 0.25) is 0 Å². The fourth-order valence-electron chi connectivity index (χ4n) is 3.92. The van der Waals surface area contributed by atoms with Crippen LogP contribution >= 0.6 is 0 Å². The zero-order valence-electron chi connectivity index (χ0n) is 16.4. The summed E-state index contributed by atoms with van der Waals surface area (Å²) in [5.41, 5.74) is 4.24. The van der Waals surface area contributed by atoms with Gasteiger partial charge in [-0.25, -0.2) is 4.98 Å². The molecule has 5 rings (SSSR count). The van der Waals surface area contributed by atoms with Gasteiger partial charge in [0.25, 0.3) is 0 Å². The molecule has 148 valence electrons. The minimum absolute atomic E-state index is 0.696. The molecule has 4 heterocycles. The summed E-state index contributed by atoms with van der Waals surface area (Å²) < 4.78 is 11.0. The standard InChI is InChI=1S/C22H23N5O2/c1-28-18-6-2-4-16(14-18)20-19-7-9-27(17-5-3-8-23-15-17)21(19)25-22(24-20)26-10-12-29-13-11-26/h2-6,8,14-15H,7,9-13H2,1H3. The van der Waals surface area contributed by atoms with E-state index in [2.05, 4.69) is 26.9 Å². The Bertz CT molecular complexity index is 1010. The van der Waals surface area contributed by atoms with Gasteiger partial charge in [-0.15, -0.1) is 0 Å². The Morgan fingerprint density at radius 1 is 1.03 bits per heavy atom. The van der Waals surface area contributed by atoms with E-state index in [0.717, 1.165) is 60.5 Å². The maximum atomic E-state index is 5.52. The van der Waals surface area contributed by atoms with Gasteiger partial charge in [0.1, 0.15) is 11.6 Å². The minimum atomic E-state index is 0.696. The molecule has 1 saturated heterocycles. The summed E-state index contributed by atoms with van der Waals surface area (Å²) in [7, 11) is 1.69. The highest BCUT2D eigenvalue weighted by Gasteiger charge is 2.29. The number of fused-ring (bicyclic) bond motifs is 1. The Labute approximate surface area is 169 Å². The van der Waals surface area contributed by atoms with Gasteiger partial charge in [-0.2, -0.15) is 4.98 Å². The van der Waals surface area contributed by atoms with Gasteiger partial charge in [0.2, 0.25) is 5.95 Å². The third-order valence-corrected chi connectivity index (χ3v) is 5.41. The number of anilines is 3. The Morgan fingerprint density at radius 3 is 2.72 bits per heavy atom. The Morgan fingerprint density at radius 2 is 1.93 bits per heavy atom. The topological polar surface area (TPSA) is 63.6 Å². The molecule has 2 aliphatic rings. The minimum Gasteiger partial charge on any atom is -0.497 e. The van der Waals surface area contributed by atoms with Crippen molar-refractivity contribution >= 4 is 17.5 Å². The fraction of sp³-hybridized carbons (Fsp3) is 0.318. The number of aromatic nitrogens is 3. The van der Waals surface area contributed by atoms with Crippen LogP contribution in [0.3, 0.4) is 0 Å². The van der Waals surface area contributed by atoms with Crippen LogP contribution in [-0.2, 0) is 11.2 Å². The van der Waals surface area contributed by atoms with Crippen molar-refractivity contribution in [2.75, 3.05) is 49.8 Å². The molecule has 0 saturated carbocycles. The van der Waals surface area contributed by atoms with Crippen LogP contribution in [0.1, 0.15) is 5.56 Å². The van der Waals surface area contributed by atoms with E-state index in [0.29, 0.717) is 13.2 Å². The first-order chi connectivity index (χ1) is 14.3. The SMILES string of the molecule is COc1cccc(-c2nc(N3CCOCC3)nc3c2CCN3c2cccnc2)c1. The van der Waals surface area contributed by atoms with Crippen LogP contribution in [0.15, 0.2) is 48.8 Å². The molecule has 0 atom stereocenters. The maximum Gasteiger partial charge on any atom is 0.228 e. The zero-order chi connectivity index (χ0) is 19.6. The smallest absolute Gasteiger partial charge is 0.228 e. The Kier molecular flexibility index (Phi) is 4.73. The van der Waals surface area contributed by atoms with Gasteiger partial charge in [0.15, 0.2) is 0 Å². The highest BCUT2D eigenvalue weighted by Crippen LogP contribution is 2.39. The van der Waals surface area contributed by atoms with Crippen molar-refractivity contribution in [3.05, 3.63) is 54.4 Å². The predicted octanol–water partition coefficient (Wildman–Crippen LogP) is 3.08. The molecule has 1 aromatic carbocycles. The molecule has 0 N–H and O–H groups in total. The van der Waals surface area contributed by atoms with Crippen LogP contribution in [0.25, 0.3) is 11.3 Å². The van der Waals surface area contributed by atoms with Crippen LogP contribution in [0.4, 0.5) is 17.5 Å². The van der Waals surface area contributed by atoms with Crippen LogP contribution in [-0.4, -0.2) is 54.9 Å². The fourth-order valence-corrected chi connectivity index (χ4v) is 3.92. The van der Waals surface area contributed by atoms with Gasteiger partial charge in [0, 0.05) is 37.0 Å². The highest BCUT2D eigenvalue weighted by atomic mass is 16.5. The van der Waals surface area contributed by atoms with Crippen molar-refractivity contribution in [1.29, 1.82) is 0 Å². The Hall–Kier alpha value is -3.19. The number of hydrogen-bond acceptors (Lipinski definition) is 7. The number of rotatable bonds is 4. The van der Waals surface area contributed by atoms with Crippen molar-refractivity contribution in [3.63, 3.8) is 0 Å². The summed E-state index contributed by atoms with van der Waals surface area (Å²) in [4.78, 5) is 18.7. The number of morpholine rings is 1. The van der Waals surface area contributed by atoms with E-state index in [-0.39, 0.29) is 0 Å². The molecule has 29 heavy (non-hydrogen) atoms. The monoisotopic (exact) mass is 389 g/mol. The van der Waals surface area contributed by atoms with E-state index < -0.39 is 0 Å². The lowest BCUT2D eigenvalue weighted by atomic mass is 10.1. The molecule has 7 heteroatoms. The van der Waals surface area contributed by atoms with Crippen molar-refractivity contribution in [1.82, 2.24) is 15.0 Å². The molecule has 0 amide bonds. The Balaban J connectivity index is 1.65. The van der Waals surface area contributed by atoms with Crippen LogP contribution in [0.5, 0.6) is 5.75 Å². The van der Waals surface area contributed by atoms with Gasteiger partial charge in [-0.1, -0.05) is 12.1 Å². The van der Waals surface area contributed by atoms with E-state index >= 15 is 0 Å². The largest absolute Gasteiger partial charge is 0.497 e. The molecule has 2 aliphatic heterocycles. The van der Waals surface area contributed by atoms with Crippen molar-refractivity contribution in [2.24, 2.45) is 0 Å². The van der Waals surface area contributed by atoms with Gasteiger partial charge in [-0.3, -0.25) is 4.98 Å². The number of pyridine rings is 1. The van der Waals surface area contributed by atoms with Crippen LogP contribution in [0, 0.1) is 0 Å². The number of ether oxygens (including phenoxy) is 2. The van der Waals surface area contributed by atoms with Gasteiger partial charge in [0.05, 0.1) is 37.9 Å². The third-order valence-electron chi connectivity index (χ3n) is 5.41. The van der Waals surface area contributed by atoms with Crippen molar-refractivity contribution in [3.8, 4) is 17.0 Å². The summed E-state index contributed by atoms with van der Waals surface area (Å²) in [6, 6.07) is 12.1. The second-order valence-electron chi connectivity index (χ2n) is 7.12. The molecule has 0 spiro atoms. The lowest BCUT2D eigenvalue weighted by Crippen LogP contribution is -2.37. The second-order valence-corrected chi connectivity index (χ2v) is 7.12. The number of methoxy groups -OCH3 is 1. The normalized spacial score (nSPS) is 16.0. The van der Waals surface area contributed by atoms with Gasteiger partial charge >= 0.3 is 0 Å². The molecular weight excluding hydrogens is 366 g/mol. The zero-order valence-corrected chi connectivity index (χ0v) is 16.4. The molecular formula is C22H23N5O2. The lowest BCUT2D eigenvalue weighted by Gasteiger charge is -2.28. The first-order valence-electron chi connectivity index (χ1n) is 9.89. The third kappa shape index (κ3) is 3.38. The first kappa shape index (κ1) is 17.9. The number of benzene rings is 1. The average molecular weight is 389 g/mol. The summed E-state index contributed by atoms with van der Waals surface area (Å²) in [5.74, 6) is 2.54. The lowest BCUT2D eigenvalue weighted by molar-refractivity contribution is 0.122. The van der Waals surface area contributed by atoms with Gasteiger partial charge in [-0.05, 0) is 30.7 Å². The first-order valence-corrected chi connectivity index (χ1v) is 9.89. The van der Waals surface area contributed by atoms with Gasteiger partial charge < -0.3 is 19.3 Å². The van der Waals surface area contributed by atoms with E-state index in [4.69, 9.17) is 19.4 Å². The van der Waals surface area contributed by atoms with E-state index in [1.165, 1.54) is 5.56 Å². The molecule has 7 nitrogen and oxygen atoms in total. The maximum absolute atomic E-state index is 5.52. The van der Waals surface area contributed by atoms with Crippen molar-refractivity contribution in [2.45, 2.75) is 6.42 Å². The van der Waals surface area contributed by atoms with E-state index in [1.54, 1.807) is 13.3 Å². The molecule has 0 radical (unpaired) electrons. The average Bonchev–Trinajstić information content (AvgIpc) is 3.24.